The molecule has 0 aliphatic carbocycles. The van der Waals surface area contributed by atoms with Gasteiger partial charge in [-0.25, -0.2) is 4.99 Å². The summed E-state index contributed by atoms with van der Waals surface area (Å²) in [6, 6.07) is 26.7. The molecule has 3 heteroatoms. The molecule has 168 valence electrons. The predicted molar refractivity (Wildman–Crippen MR) is 149 cm³/mol. The molecule has 0 unspecified atom stereocenters. The van der Waals surface area contributed by atoms with Crippen molar-refractivity contribution in [2.45, 2.75) is 25.7 Å². The van der Waals surface area contributed by atoms with E-state index >= 15 is 0 Å². The lowest BCUT2D eigenvalue weighted by Gasteiger charge is -2.11. The van der Waals surface area contributed by atoms with Gasteiger partial charge in [-0.3, -0.25) is 4.99 Å². The average Bonchev–Trinajstić information content (AvgIpc) is 2.87. The molecule has 0 saturated carbocycles. The van der Waals surface area contributed by atoms with Crippen molar-refractivity contribution < 1.29 is 0 Å². The molecule has 0 heterocycles. The molecule has 0 bridgehead atoms. The summed E-state index contributed by atoms with van der Waals surface area (Å²) in [6.07, 6.45) is 7.78. The Hall–Kier alpha value is -3.43. The first-order chi connectivity index (χ1) is 16.2. The van der Waals surface area contributed by atoms with Crippen molar-refractivity contribution >= 4 is 24.2 Å². The van der Waals surface area contributed by atoms with E-state index in [0.717, 1.165) is 32.9 Å². The van der Waals surface area contributed by atoms with Crippen LogP contribution in [0.3, 0.4) is 0 Å². The molecule has 3 aromatic carbocycles. The van der Waals surface area contributed by atoms with Gasteiger partial charge in [-0.2, -0.15) is 0 Å². The molecule has 0 aliphatic heterocycles. The monoisotopic (exact) mass is 452 g/mol. The Labute approximate surface area is 204 Å². The minimum Gasteiger partial charge on any atom is -0.270 e. The first-order valence-corrected chi connectivity index (χ1v) is 11.6. The third-order valence-electron chi connectivity index (χ3n) is 4.74. The molecule has 3 aromatic rings. The van der Waals surface area contributed by atoms with Gasteiger partial charge >= 0.3 is 0 Å². The van der Waals surface area contributed by atoms with Crippen LogP contribution in [0.1, 0.15) is 31.9 Å². The van der Waals surface area contributed by atoms with Gasteiger partial charge in [0.15, 0.2) is 5.84 Å². The zero-order valence-electron chi connectivity index (χ0n) is 19.9. The highest BCUT2D eigenvalue weighted by atomic mass is 32.1. The van der Waals surface area contributed by atoms with Gasteiger partial charge in [-0.1, -0.05) is 111 Å². The first-order valence-electron chi connectivity index (χ1n) is 11.1. The number of nitrogens with zero attached hydrogens (tertiary/aromatic N) is 2. The summed E-state index contributed by atoms with van der Waals surface area (Å²) in [5, 5.41) is 0. The summed E-state index contributed by atoms with van der Waals surface area (Å²) >= 11 is 4.38. The summed E-state index contributed by atoms with van der Waals surface area (Å²) in [6.45, 7) is 9.87. The van der Waals surface area contributed by atoms with Crippen LogP contribution in [0.2, 0.25) is 0 Å². The zero-order chi connectivity index (χ0) is 24.1. The van der Waals surface area contributed by atoms with Gasteiger partial charge in [0.2, 0.25) is 0 Å². The van der Waals surface area contributed by atoms with E-state index < -0.39 is 0 Å². The number of rotatable bonds is 6. The second kappa shape index (κ2) is 13.9. The van der Waals surface area contributed by atoms with E-state index in [-0.39, 0.29) is 0 Å². The minimum atomic E-state index is 0.662. The highest BCUT2D eigenvalue weighted by Gasteiger charge is 2.11. The van der Waals surface area contributed by atoms with Gasteiger partial charge in [0, 0.05) is 28.6 Å². The van der Waals surface area contributed by atoms with Crippen LogP contribution in [0.5, 0.6) is 0 Å². The summed E-state index contributed by atoms with van der Waals surface area (Å²) in [5.41, 5.74) is 6.11. The Balaban J connectivity index is 0.00000187. The molecule has 0 fully saturated rings. The molecule has 0 amide bonds. The third kappa shape index (κ3) is 7.30. The SMILES string of the molecule is C=C/C=C(\C=C/C)C(=NC(=NC)c1ccc(S)cc1)c1ccc(-c2ccccc2)cc1.CC. The van der Waals surface area contributed by atoms with Crippen molar-refractivity contribution in [3.8, 4) is 11.1 Å². The number of benzene rings is 3. The molecule has 0 spiro atoms. The number of hydrogen-bond donors (Lipinski definition) is 1. The molecule has 3 rings (SSSR count). The van der Waals surface area contributed by atoms with Crippen molar-refractivity contribution in [2.75, 3.05) is 7.05 Å². The lowest BCUT2D eigenvalue weighted by molar-refractivity contribution is 1.36. The third-order valence-corrected chi connectivity index (χ3v) is 5.04. The summed E-state index contributed by atoms with van der Waals surface area (Å²) in [7, 11) is 1.76. The molecule has 0 aliphatic rings. The topological polar surface area (TPSA) is 24.7 Å². The molecule has 2 nitrogen and oxygen atoms in total. The fraction of sp³-hybridized carbons (Fsp3) is 0.133. The number of aliphatic imine (C=N–C) groups is 2. The maximum Gasteiger partial charge on any atom is 0.154 e. The predicted octanol–water partition coefficient (Wildman–Crippen LogP) is 8.22. The fourth-order valence-corrected chi connectivity index (χ4v) is 3.38. The molecule has 33 heavy (non-hydrogen) atoms. The van der Waals surface area contributed by atoms with Gasteiger partial charge in [0.25, 0.3) is 0 Å². The van der Waals surface area contributed by atoms with Gasteiger partial charge in [-0.15, -0.1) is 12.6 Å². The minimum absolute atomic E-state index is 0.662. The lowest BCUT2D eigenvalue weighted by Crippen LogP contribution is -2.09. The van der Waals surface area contributed by atoms with E-state index in [1.807, 2.05) is 81.5 Å². The summed E-state index contributed by atoms with van der Waals surface area (Å²) < 4.78 is 0. The Morgan fingerprint density at radius 3 is 1.94 bits per heavy atom. The van der Waals surface area contributed by atoms with E-state index in [1.54, 1.807) is 13.1 Å². The van der Waals surface area contributed by atoms with Crippen molar-refractivity contribution in [3.05, 3.63) is 126 Å². The Morgan fingerprint density at radius 2 is 1.39 bits per heavy atom. The molecule has 0 atom stereocenters. The van der Waals surface area contributed by atoms with Crippen LogP contribution in [0.25, 0.3) is 11.1 Å². The van der Waals surface area contributed by atoms with Crippen molar-refractivity contribution in [3.63, 3.8) is 0 Å². The first kappa shape index (κ1) is 25.8. The maximum atomic E-state index is 4.98. The van der Waals surface area contributed by atoms with Crippen molar-refractivity contribution in [2.24, 2.45) is 9.98 Å². The Bertz CT molecular complexity index is 1130. The largest absolute Gasteiger partial charge is 0.270 e. The van der Waals surface area contributed by atoms with Gasteiger partial charge < -0.3 is 0 Å². The van der Waals surface area contributed by atoms with Gasteiger partial charge in [0.05, 0.1) is 5.71 Å². The van der Waals surface area contributed by atoms with E-state index in [1.165, 1.54) is 5.56 Å². The Kier molecular flexibility index (Phi) is 10.9. The van der Waals surface area contributed by atoms with Crippen LogP contribution >= 0.6 is 12.6 Å². The highest BCUT2D eigenvalue weighted by molar-refractivity contribution is 7.80. The maximum absolute atomic E-state index is 4.98. The van der Waals surface area contributed by atoms with E-state index in [4.69, 9.17) is 4.99 Å². The van der Waals surface area contributed by atoms with Crippen LogP contribution in [-0.2, 0) is 0 Å². The second-order valence-electron chi connectivity index (χ2n) is 6.86. The van der Waals surface area contributed by atoms with Crippen molar-refractivity contribution in [1.29, 1.82) is 0 Å². The zero-order valence-corrected chi connectivity index (χ0v) is 20.8. The second-order valence-corrected chi connectivity index (χ2v) is 7.37. The van der Waals surface area contributed by atoms with E-state index in [0.29, 0.717) is 5.84 Å². The average molecular weight is 453 g/mol. The number of thiol groups is 1. The lowest BCUT2D eigenvalue weighted by atomic mass is 9.97. The van der Waals surface area contributed by atoms with Crippen LogP contribution in [0.4, 0.5) is 0 Å². The molecule has 0 N–H and O–H groups in total. The van der Waals surface area contributed by atoms with Crippen LogP contribution < -0.4 is 0 Å². The van der Waals surface area contributed by atoms with Crippen LogP contribution in [-0.4, -0.2) is 18.6 Å². The van der Waals surface area contributed by atoms with Crippen LogP contribution in [0.15, 0.2) is 130 Å². The highest BCUT2D eigenvalue weighted by Crippen LogP contribution is 2.22. The number of amidine groups is 1. The summed E-state index contributed by atoms with van der Waals surface area (Å²) in [5.74, 6) is 0.662. The molecule has 0 radical (unpaired) electrons. The normalized spacial score (nSPS) is 12.3. The fourth-order valence-electron chi connectivity index (χ4n) is 3.23. The number of allylic oxidation sites excluding steroid dienone is 5. The molecular weight excluding hydrogens is 420 g/mol. The van der Waals surface area contributed by atoms with E-state index in [2.05, 4.69) is 60.6 Å². The molecule has 0 saturated heterocycles. The Morgan fingerprint density at radius 1 is 0.818 bits per heavy atom. The van der Waals surface area contributed by atoms with Crippen molar-refractivity contribution in [1.82, 2.24) is 0 Å². The summed E-state index contributed by atoms with van der Waals surface area (Å²) in [4.78, 5) is 10.3. The smallest absolute Gasteiger partial charge is 0.154 e. The van der Waals surface area contributed by atoms with Gasteiger partial charge in [-0.05, 0) is 30.2 Å². The molecule has 0 aromatic heterocycles. The molecular formula is C30H32N2S. The van der Waals surface area contributed by atoms with Gasteiger partial charge in [0.1, 0.15) is 0 Å². The van der Waals surface area contributed by atoms with Crippen LogP contribution in [0, 0.1) is 0 Å². The standard InChI is InChI=1S/C28H26N2S.C2H6/c1-4-9-23(10-5-2)27(30-28(29-3)25-17-19-26(31)20-18-25)24-15-13-22(14-16-24)21-11-7-6-8-12-21;1-2/h4-20,31H,1H2,2-3H3;1-2H3/b10-5-,23-9+,29-28?,30-27?;. The van der Waals surface area contributed by atoms with E-state index in [9.17, 15) is 0 Å². The quantitative estimate of drug-likeness (QED) is 0.169. The number of hydrogen-bond acceptors (Lipinski definition) is 2.